The Bertz CT molecular complexity index is 249. The van der Waals surface area contributed by atoms with Crippen LogP contribution in [0.25, 0.3) is 0 Å². The highest BCUT2D eigenvalue weighted by Gasteiger charge is 2.31. The van der Waals surface area contributed by atoms with Crippen LogP contribution in [-0.4, -0.2) is 12.1 Å². The van der Waals surface area contributed by atoms with E-state index in [4.69, 9.17) is 4.74 Å². The van der Waals surface area contributed by atoms with Crippen LogP contribution in [-0.2, 0) is 9.53 Å². The van der Waals surface area contributed by atoms with Crippen molar-refractivity contribution in [3.05, 3.63) is 0 Å². The Morgan fingerprint density at radius 1 is 1.22 bits per heavy atom. The molecular formula is C16H30O2. The summed E-state index contributed by atoms with van der Waals surface area (Å²) in [6.45, 7) is 8.55. The second-order valence-electron chi connectivity index (χ2n) is 5.90. The van der Waals surface area contributed by atoms with Gasteiger partial charge in [0.05, 0.1) is 5.92 Å². The fourth-order valence-corrected chi connectivity index (χ4v) is 3.10. The number of esters is 1. The van der Waals surface area contributed by atoms with Crippen molar-refractivity contribution in [3.63, 3.8) is 0 Å². The summed E-state index contributed by atoms with van der Waals surface area (Å²) in [6, 6.07) is 0. The fourth-order valence-electron chi connectivity index (χ4n) is 3.10. The molecule has 2 heteroatoms. The molecule has 2 nitrogen and oxygen atoms in total. The van der Waals surface area contributed by atoms with Crippen LogP contribution in [0.5, 0.6) is 0 Å². The number of carbonyl (C=O) groups excluding carboxylic acids is 1. The highest BCUT2D eigenvalue weighted by atomic mass is 16.5. The maximum atomic E-state index is 11.8. The van der Waals surface area contributed by atoms with Crippen molar-refractivity contribution in [2.75, 3.05) is 0 Å². The van der Waals surface area contributed by atoms with Gasteiger partial charge in [0, 0.05) is 0 Å². The molecule has 0 aromatic carbocycles. The van der Waals surface area contributed by atoms with E-state index in [1.165, 1.54) is 25.7 Å². The molecule has 0 N–H and O–H groups in total. The van der Waals surface area contributed by atoms with Crippen LogP contribution in [0.15, 0.2) is 0 Å². The molecule has 0 radical (unpaired) electrons. The van der Waals surface area contributed by atoms with Crippen LogP contribution in [0, 0.1) is 17.8 Å². The van der Waals surface area contributed by atoms with Gasteiger partial charge in [-0.25, -0.2) is 0 Å². The van der Waals surface area contributed by atoms with Gasteiger partial charge in [-0.15, -0.1) is 0 Å². The van der Waals surface area contributed by atoms with E-state index in [0.717, 1.165) is 31.1 Å². The van der Waals surface area contributed by atoms with Crippen molar-refractivity contribution in [2.45, 2.75) is 78.7 Å². The lowest BCUT2D eigenvalue weighted by Gasteiger charge is -2.35. The summed E-state index contributed by atoms with van der Waals surface area (Å²) in [5.74, 6) is 1.68. The topological polar surface area (TPSA) is 26.3 Å². The number of rotatable bonds is 6. The van der Waals surface area contributed by atoms with E-state index < -0.39 is 0 Å². The predicted octanol–water partition coefficient (Wildman–Crippen LogP) is 4.57. The average molecular weight is 254 g/mol. The van der Waals surface area contributed by atoms with Crippen LogP contribution in [0.4, 0.5) is 0 Å². The summed E-state index contributed by atoms with van der Waals surface area (Å²) in [6.07, 6.45) is 8.27. The van der Waals surface area contributed by atoms with Gasteiger partial charge in [0.25, 0.3) is 0 Å². The van der Waals surface area contributed by atoms with Crippen LogP contribution in [0.2, 0.25) is 0 Å². The third-order valence-electron chi connectivity index (χ3n) is 4.57. The maximum Gasteiger partial charge on any atom is 0.308 e. The first-order chi connectivity index (χ1) is 8.62. The van der Waals surface area contributed by atoms with Crippen molar-refractivity contribution in [1.29, 1.82) is 0 Å². The van der Waals surface area contributed by atoms with Gasteiger partial charge >= 0.3 is 5.97 Å². The molecule has 0 aromatic rings. The maximum absolute atomic E-state index is 11.8. The number of hydrogen-bond donors (Lipinski definition) is 0. The van der Waals surface area contributed by atoms with E-state index in [9.17, 15) is 4.79 Å². The lowest BCUT2D eigenvalue weighted by atomic mass is 9.74. The van der Waals surface area contributed by atoms with Crippen LogP contribution >= 0.6 is 0 Å². The monoisotopic (exact) mass is 254 g/mol. The molecule has 4 atom stereocenters. The Balaban J connectivity index is 2.47. The molecule has 0 heterocycles. The molecule has 18 heavy (non-hydrogen) atoms. The predicted molar refractivity (Wildman–Crippen MR) is 75.4 cm³/mol. The van der Waals surface area contributed by atoms with Gasteiger partial charge in [-0.2, -0.15) is 0 Å². The fraction of sp³-hybridized carbons (Fsp3) is 0.938. The zero-order chi connectivity index (χ0) is 13.5. The summed E-state index contributed by atoms with van der Waals surface area (Å²) in [4.78, 5) is 11.8. The highest BCUT2D eigenvalue weighted by Crippen LogP contribution is 2.36. The molecule has 106 valence electrons. The van der Waals surface area contributed by atoms with Crippen molar-refractivity contribution in [3.8, 4) is 0 Å². The summed E-state index contributed by atoms with van der Waals surface area (Å²) < 4.78 is 5.67. The first kappa shape index (κ1) is 15.5. The minimum Gasteiger partial charge on any atom is -0.462 e. The third-order valence-corrected chi connectivity index (χ3v) is 4.57. The van der Waals surface area contributed by atoms with Crippen LogP contribution < -0.4 is 0 Å². The van der Waals surface area contributed by atoms with Gasteiger partial charge in [0.1, 0.15) is 6.10 Å². The van der Waals surface area contributed by atoms with Gasteiger partial charge in [-0.05, 0) is 37.5 Å². The Morgan fingerprint density at radius 3 is 2.50 bits per heavy atom. The molecule has 0 spiro atoms. The van der Waals surface area contributed by atoms with Gasteiger partial charge in [0.2, 0.25) is 0 Å². The number of hydrogen-bond acceptors (Lipinski definition) is 2. The van der Waals surface area contributed by atoms with Crippen molar-refractivity contribution in [2.24, 2.45) is 17.8 Å². The molecule has 1 saturated carbocycles. The van der Waals surface area contributed by atoms with E-state index in [2.05, 4.69) is 13.8 Å². The molecule has 1 aliphatic rings. The van der Waals surface area contributed by atoms with Gasteiger partial charge in [0.15, 0.2) is 0 Å². The first-order valence-electron chi connectivity index (χ1n) is 7.82. The molecule has 1 aliphatic carbocycles. The number of ether oxygens (including phenoxy) is 1. The Kier molecular flexibility index (Phi) is 6.73. The molecule has 0 bridgehead atoms. The lowest BCUT2D eigenvalue weighted by Crippen LogP contribution is -2.32. The zero-order valence-electron chi connectivity index (χ0n) is 12.6. The molecule has 0 saturated heterocycles. The van der Waals surface area contributed by atoms with Crippen molar-refractivity contribution >= 4 is 5.97 Å². The largest absolute Gasteiger partial charge is 0.462 e. The zero-order valence-corrected chi connectivity index (χ0v) is 12.6. The molecule has 0 amide bonds. The van der Waals surface area contributed by atoms with Gasteiger partial charge < -0.3 is 4.74 Å². The standard InChI is InChI=1S/C16H30O2/c1-5-8-14-11-15(10-9-13(14)7-3)18-16(17)12(4)6-2/h12-15H,5-11H2,1-4H3. The number of carbonyl (C=O) groups is 1. The second kappa shape index (κ2) is 7.81. The summed E-state index contributed by atoms with van der Waals surface area (Å²) >= 11 is 0. The molecule has 4 unspecified atom stereocenters. The third kappa shape index (κ3) is 4.29. The van der Waals surface area contributed by atoms with E-state index >= 15 is 0 Å². The Morgan fingerprint density at radius 2 is 1.94 bits per heavy atom. The Hall–Kier alpha value is -0.530. The molecular weight excluding hydrogens is 224 g/mol. The lowest BCUT2D eigenvalue weighted by molar-refractivity contribution is -0.156. The SMILES string of the molecule is CCCC1CC(OC(=O)C(C)CC)CCC1CC. The average Bonchev–Trinajstić information content (AvgIpc) is 2.38. The summed E-state index contributed by atoms with van der Waals surface area (Å²) in [7, 11) is 0. The normalized spacial score (nSPS) is 29.9. The second-order valence-corrected chi connectivity index (χ2v) is 5.90. The molecule has 1 fully saturated rings. The highest BCUT2D eigenvalue weighted by molar-refractivity contribution is 5.72. The quantitative estimate of drug-likeness (QED) is 0.649. The summed E-state index contributed by atoms with van der Waals surface area (Å²) in [5.41, 5.74) is 0. The van der Waals surface area contributed by atoms with E-state index in [0.29, 0.717) is 0 Å². The smallest absolute Gasteiger partial charge is 0.308 e. The van der Waals surface area contributed by atoms with Gasteiger partial charge in [-0.1, -0.05) is 47.0 Å². The minimum absolute atomic E-state index is 0.00713. The van der Waals surface area contributed by atoms with E-state index in [-0.39, 0.29) is 18.0 Å². The molecule has 1 rings (SSSR count). The van der Waals surface area contributed by atoms with Crippen LogP contribution in [0.3, 0.4) is 0 Å². The van der Waals surface area contributed by atoms with Gasteiger partial charge in [-0.3, -0.25) is 4.79 Å². The Labute approximate surface area is 112 Å². The van der Waals surface area contributed by atoms with Crippen molar-refractivity contribution in [1.82, 2.24) is 0 Å². The van der Waals surface area contributed by atoms with E-state index in [1.807, 2.05) is 13.8 Å². The van der Waals surface area contributed by atoms with Crippen molar-refractivity contribution < 1.29 is 9.53 Å². The first-order valence-corrected chi connectivity index (χ1v) is 7.82. The van der Waals surface area contributed by atoms with Crippen LogP contribution in [0.1, 0.15) is 72.6 Å². The molecule has 0 aliphatic heterocycles. The summed E-state index contributed by atoms with van der Waals surface area (Å²) in [5, 5.41) is 0. The minimum atomic E-state index is 0.00713. The van der Waals surface area contributed by atoms with E-state index in [1.54, 1.807) is 0 Å². The molecule has 0 aromatic heterocycles.